The molecule has 5 aliphatic carbocycles. The summed E-state index contributed by atoms with van der Waals surface area (Å²) < 4.78 is 6.64. The molecule has 0 aliphatic heterocycles. The van der Waals surface area contributed by atoms with Crippen molar-refractivity contribution in [1.82, 2.24) is 15.0 Å². The molecule has 0 saturated carbocycles. The summed E-state index contributed by atoms with van der Waals surface area (Å²) in [7, 11) is 0. The van der Waals surface area contributed by atoms with Crippen molar-refractivity contribution in [1.29, 1.82) is 0 Å². The molecule has 5 unspecified atom stereocenters. The number of hydrogen-bond acceptors (Lipinski definition) is 4. The lowest BCUT2D eigenvalue weighted by Crippen LogP contribution is -2.21. The first-order chi connectivity index (χ1) is 32.2. The fraction of sp³-hybridized carbons (Fsp3) is 0.131. The van der Waals surface area contributed by atoms with Gasteiger partial charge in [0.2, 0.25) is 0 Å². The third-order valence-corrected chi connectivity index (χ3v) is 15.1. The third kappa shape index (κ3) is 5.79. The highest BCUT2D eigenvalue weighted by molar-refractivity contribution is 6.09. The van der Waals surface area contributed by atoms with Crippen LogP contribution in [0.2, 0.25) is 0 Å². The second-order valence-corrected chi connectivity index (χ2v) is 18.5. The summed E-state index contributed by atoms with van der Waals surface area (Å²) in [6.07, 6.45) is 22.2. The minimum Gasteiger partial charge on any atom is -0.455 e. The standard InChI is InChI=1S/C61H43N3O/c1-2-16-39-32-52-40(31-38(39)15-1)28-30-46(44-20-7-8-21-45(44)52)53-33-41(34-54-47-29-27-37-14-4-6-19-43(37)55(47)35-56(53)54)59-62-60(50-24-11-17-36-13-3-5-18-42(36)50)64-61(63-59)51-25-12-23-49-48-22-9-10-26-57(48)65-58(49)51/h1-27,29,31-34,37,43,46,54,56H,28,30,35H2. The van der Waals surface area contributed by atoms with Gasteiger partial charge >= 0.3 is 0 Å². The number of allylic oxidation sites excluding steroid dienone is 12. The molecule has 0 saturated heterocycles. The molecule has 5 atom stereocenters. The Hall–Kier alpha value is -7.69. The van der Waals surface area contributed by atoms with Crippen LogP contribution < -0.4 is 0 Å². The maximum atomic E-state index is 6.64. The van der Waals surface area contributed by atoms with Crippen LogP contribution in [-0.4, -0.2) is 15.0 Å². The van der Waals surface area contributed by atoms with Crippen molar-refractivity contribution >= 4 is 49.1 Å². The Bertz CT molecular complexity index is 3680. The number of aromatic nitrogens is 3. The van der Waals surface area contributed by atoms with E-state index in [2.05, 4.69) is 182 Å². The van der Waals surface area contributed by atoms with Crippen molar-refractivity contribution in [2.45, 2.75) is 25.2 Å². The van der Waals surface area contributed by atoms with Gasteiger partial charge < -0.3 is 4.42 Å². The van der Waals surface area contributed by atoms with E-state index in [0.717, 1.165) is 68.7 Å². The van der Waals surface area contributed by atoms with Crippen LogP contribution in [0.3, 0.4) is 0 Å². The predicted molar refractivity (Wildman–Crippen MR) is 265 cm³/mol. The normalized spacial score (nSPS) is 21.8. The number of aryl methyl sites for hydroxylation is 1. The van der Waals surface area contributed by atoms with E-state index >= 15 is 0 Å². The third-order valence-electron chi connectivity index (χ3n) is 15.1. The second-order valence-electron chi connectivity index (χ2n) is 18.5. The number of nitrogens with zero attached hydrogens (tertiary/aromatic N) is 3. The Labute approximate surface area is 377 Å². The molecule has 0 spiro atoms. The molecule has 9 aromatic rings. The van der Waals surface area contributed by atoms with Gasteiger partial charge in [0.05, 0.1) is 5.56 Å². The molecule has 5 aliphatic rings. The van der Waals surface area contributed by atoms with E-state index < -0.39 is 0 Å². The summed E-state index contributed by atoms with van der Waals surface area (Å²) in [6, 6.07) is 52.4. The van der Waals surface area contributed by atoms with Crippen LogP contribution in [0.1, 0.15) is 35.7 Å². The molecule has 0 bridgehead atoms. The van der Waals surface area contributed by atoms with Crippen LogP contribution in [0.25, 0.3) is 83.0 Å². The molecule has 0 radical (unpaired) electrons. The number of benzene rings is 7. The topological polar surface area (TPSA) is 51.8 Å². The van der Waals surface area contributed by atoms with Gasteiger partial charge in [-0.2, -0.15) is 0 Å². The van der Waals surface area contributed by atoms with Gasteiger partial charge in [-0.3, -0.25) is 0 Å². The van der Waals surface area contributed by atoms with Crippen molar-refractivity contribution in [3.8, 4) is 33.9 Å². The van der Waals surface area contributed by atoms with Gasteiger partial charge in [-0.25, -0.2) is 15.0 Å². The van der Waals surface area contributed by atoms with Crippen molar-refractivity contribution in [3.63, 3.8) is 0 Å². The lowest BCUT2D eigenvalue weighted by atomic mass is 9.71. The summed E-state index contributed by atoms with van der Waals surface area (Å²) in [6.45, 7) is 0. The molecule has 2 heterocycles. The first-order valence-corrected chi connectivity index (χ1v) is 23.2. The highest BCUT2D eigenvalue weighted by Crippen LogP contribution is 2.57. The minimum absolute atomic E-state index is 0.192. The van der Waals surface area contributed by atoms with Crippen molar-refractivity contribution in [2.24, 2.45) is 23.7 Å². The number of fused-ring (bicyclic) bond motifs is 12. The molecule has 0 fully saturated rings. The molecular formula is C61H43N3O. The highest BCUT2D eigenvalue weighted by Gasteiger charge is 2.44. The lowest BCUT2D eigenvalue weighted by molar-refractivity contribution is 0.489. The molecule has 2 aromatic heterocycles. The van der Waals surface area contributed by atoms with Crippen molar-refractivity contribution < 1.29 is 4.42 Å². The Balaban J connectivity index is 0.992. The first kappa shape index (κ1) is 36.8. The summed E-state index contributed by atoms with van der Waals surface area (Å²) in [4.78, 5) is 16.3. The second kappa shape index (κ2) is 14.4. The highest BCUT2D eigenvalue weighted by atomic mass is 16.3. The number of furan rings is 1. The fourth-order valence-electron chi connectivity index (χ4n) is 12.1. The fourth-order valence-corrected chi connectivity index (χ4v) is 12.1. The monoisotopic (exact) mass is 833 g/mol. The zero-order chi connectivity index (χ0) is 42.6. The molecule has 7 aromatic carbocycles. The smallest absolute Gasteiger partial charge is 0.167 e. The minimum atomic E-state index is 0.192. The molecule has 65 heavy (non-hydrogen) atoms. The van der Waals surface area contributed by atoms with E-state index in [1.807, 2.05) is 12.1 Å². The van der Waals surface area contributed by atoms with E-state index in [1.54, 1.807) is 5.57 Å². The number of para-hydroxylation sites is 2. The van der Waals surface area contributed by atoms with Crippen LogP contribution in [-0.2, 0) is 6.42 Å². The average Bonchev–Trinajstić information content (AvgIpc) is 3.90. The zero-order valence-corrected chi connectivity index (χ0v) is 35.7. The number of hydrogen-bond donors (Lipinski definition) is 0. The summed E-state index contributed by atoms with van der Waals surface area (Å²) in [5.41, 5.74) is 14.6. The molecule has 0 N–H and O–H groups in total. The largest absolute Gasteiger partial charge is 0.455 e. The van der Waals surface area contributed by atoms with E-state index in [1.165, 1.54) is 44.2 Å². The molecule has 0 amide bonds. The van der Waals surface area contributed by atoms with Crippen LogP contribution >= 0.6 is 0 Å². The molecule has 4 heteroatoms. The summed E-state index contributed by atoms with van der Waals surface area (Å²) >= 11 is 0. The predicted octanol–water partition coefficient (Wildman–Crippen LogP) is 15.0. The Kier molecular flexibility index (Phi) is 8.15. The van der Waals surface area contributed by atoms with Crippen LogP contribution in [0.15, 0.2) is 215 Å². The summed E-state index contributed by atoms with van der Waals surface area (Å²) in [5, 5.41) is 6.98. The lowest BCUT2D eigenvalue weighted by Gasteiger charge is -2.33. The maximum absolute atomic E-state index is 6.64. The summed E-state index contributed by atoms with van der Waals surface area (Å²) in [5.74, 6) is 3.45. The van der Waals surface area contributed by atoms with E-state index in [0.29, 0.717) is 35.2 Å². The van der Waals surface area contributed by atoms with Gasteiger partial charge in [-0.15, -0.1) is 0 Å². The molecule has 14 rings (SSSR count). The van der Waals surface area contributed by atoms with E-state index in [9.17, 15) is 0 Å². The van der Waals surface area contributed by atoms with Crippen LogP contribution in [0, 0.1) is 23.7 Å². The van der Waals surface area contributed by atoms with Crippen LogP contribution in [0.5, 0.6) is 0 Å². The molecular weight excluding hydrogens is 791 g/mol. The Morgan fingerprint density at radius 3 is 2.15 bits per heavy atom. The van der Waals surface area contributed by atoms with Gasteiger partial charge in [-0.05, 0) is 92.8 Å². The van der Waals surface area contributed by atoms with Crippen molar-refractivity contribution in [3.05, 3.63) is 228 Å². The Morgan fingerprint density at radius 2 is 1.23 bits per heavy atom. The molecule has 4 nitrogen and oxygen atoms in total. The first-order valence-electron chi connectivity index (χ1n) is 23.2. The quantitative estimate of drug-likeness (QED) is 0.177. The Morgan fingerprint density at radius 1 is 0.538 bits per heavy atom. The zero-order valence-electron chi connectivity index (χ0n) is 35.7. The van der Waals surface area contributed by atoms with Gasteiger partial charge in [0.15, 0.2) is 17.5 Å². The van der Waals surface area contributed by atoms with Gasteiger partial charge in [-0.1, -0.05) is 187 Å². The van der Waals surface area contributed by atoms with Gasteiger partial charge in [0, 0.05) is 45.6 Å². The maximum Gasteiger partial charge on any atom is 0.167 e. The van der Waals surface area contributed by atoms with Gasteiger partial charge in [0.25, 0.3) is 0 Å². The number of rotatable bonds is 4. The molecule has 308 valence electrons. The van der Waals surface area contributed by atoms with Crippen molar-refractivity contribution in [2.75, 3.05) is 0 Å². The van der Waals surface area contributed by atoms with E-state index in [-0.39, 0.29) is 11.8 Å². The SMILES string of the molecule is C1=CC2C=CC3=C(CC4C(C5CCc6cc7ccccc7cc6-c6ccccc65)=CC(c5nc(-c6cccc7ccccc67)nc(-c6cccc7c6oc6ccccc67)n5)=CC34)C2C=C1. The van der Waals surface area contributed by atoms with E-state index in [4.69, 9.17) is 19.4 Å². The van der Waals surface area contributed by atoms with Gasteiger partial charge in [0.1, 0.15) is 11.2 Å². The van der Waals surface area contributed by atoms with Crippen LogP contribution in [0.4, 0.5) is 0 Å². The average molecular weight is 834 g/mol.